The minimum Gasteiger partial charge on any atom is -0.351 e. The van der Waals surface area contributed by atoms with E-state index in [9.17, 15) is 28.4 Å². The van der Waals surface area contributed by atoms with E-state index < -0.39 is 60.4 Å². The third-order valence-electron chi connectivity index (χ3n) is 7.76. The first-order chi connectivity index (χ1) is 21.1. The Labute approximate surface area is 253 Å². The number of hydrogen-bond acceptors (Lipinski definition) is 6. The number of benzene rings is 2. The molecule has 2 aromatic carbocycles. The van der Waals surface area contributed by atoms with E-state index in [-0.39, 0.29) is 51.4 Å². The van der Waals surface area contributed by atoms with Crippen molar-refractivity contribution in [2.45, 2.75) is 49.7 Å². The Morgan fingerprint density at radius 2 is 1.98 bits per heavy atom. The molecular formula is C30H23ClF3N7O3. The maximum atomic E-state index is 15.3. The standard InChI is InChI=1S/C30H23ClF3N7O3/c31-21-4-2-1-3-20(21)27(28(43)38-18-12-30(33,34)13-18)40(19-10-17-15-37-39-26(17)22(32)11-19)29(44)23-5-6-25(42)41(23)24-9-16(14-35)7-8-36-24/h1-4,7-11,15,18,23,27H,5-6,12-13H2,(H,37,39)(H,38,43)/t23-,27-/m0/s1. The molecule has 14 heteroatoms. The number of nitrogens with one attached hydrogen (secondary N) is 2. The summed E-state index contributed by atoms with van der Waals surface area (Å²) in [7, 11) is 0. The van der Waals surface area contributed by atoms with Crippen LogP contribution in [0.25, 0.3) is 10.9 Å². The summed E-state index contributed by atoms with van der Waals surface area (Å²) in [5, 5.41) is 18.8. The maximum Gasteiger partial charge on any atom is 0.252 e. The van der Waals surface area contributed by atoms with Gasteiger partial charge in [0.25, 0.3) is 11.8 Å². The van der Waals surface area contributed by atoms with Crippen LogP contribution in [0, 0.1) is 17.1 Å². The summed E-state index contributed by atoms with van der Waals surface area (Å²) in [6.07, 6.45) is 1.49. The normalized spacial score (nSPS) is 18.5. The highest BCUT2D eigenvalue weighted by Gasteiger charge is 2.48. The molecule has 3 amide bonds. The molecule has 2 N–H and O–H groups in total. The fourth-order valence-electron chi connectivity index (χ4n) is 5.66. The Hall–Kier alpha value is -4.96. The van der Waals surface area contributed by atoms with E-state index in [1.54, 1.807) is 12.1 Å². The van der Waals surface area contributed by atoms with Crippen LogP contribution in [-0.2, 0) is 14.4 Å². The van der Waals surface area contributed by atoms with Crippen LogP contribution in [0.2, 0.25) is 5.02 Å². The van der Waals surface area contributed by atoms with Gasteiger partial charge in [-0.2, -0.15) is 10.4 Å². The lowest BCUT2D eigenvalue weighted by Gasteiger charge is -2.39. The third-order valence-corrected chi connectivity index (χ3v) is 8.11. The van der Waals surface area contributed by atoms with E-state index in [1.807, 2.05) is 6.07 Å². The second-order valence-corrected chi connectivity index (χ2v) is 11.1. The fraction of sp³-hybridized carbons (Fsp3) is 0.267. The molecule has 0 bridgehead atoms. The predicted octanol–water partition coefficient (Wildman–Crippen LogP) is 4.81. The maximum absolute atomic E-state index is 15.3. The van der Waals surface area contributed by atoms with E-state index in [2.05, 4.69) is 20.5 Å². The molecule has 2 fully saturated rings. The highest BCUT2D eigenvalue weighted by atomic mass is 35.5. The van der Waals surface area contributed by atoms with Crippen molar-refractivity contribution in [1.82, 2.24) is 20.5 Å². The van der Waals surface area contributed by atoms with Gasteiger partial charge in [-0.1, -0.05) is 29.8 Å². The minimum absolute atomic E-state index is 0.0226. The molecule has 1 saturated heterocycles. The summed E-state index contributed by atoms with van der Waals surface area (Å²) in [4.78, 5) is 48.2. The largest absolute Gasteiger partial charge is 0.351 e. The molecule has 2 atom stereocenters. The Bertz CT molecular complexity index is 1830. The quantitative estimate of drug-likeness (QED) is 0.304. The first-order valence-corrected chi connectivity index (χ1v) is 14.0. The van der Waals surface area contributed by atoms with Crippen LogP contribution in [0.1, 0.15) is 42.9 Å². The van der Waals surface area contributed by atoms with Crippen molar-refractivity contribution in [1.29, 1.82) is 5.26 Å². The number of carbonyl (C=O) groups is 3. The fourth-order valence-corrected chi connectivity index (χ4v) is 5.90. The van der Waals surface area contributed by atoms with E-state index in [4.69, 9.17) is 11.6 Å². The molecule has 44 heavy (non-hydrogen) atoms. The molecule has 0 radical (unpaired) electrons. The van der Waals surface area contributed by atoms with Crippen LogP contribution < -0.4 is 15.1 Å². The Balaban J connectivity index is 1.49. The van der Waals surface area contributed by atoms with Gasteiger partial charge in [0.1, 0.15) is 23.4 Å². The van der Waals surface area contributed by atoms with Crippen LogP contribution >= 0.6 is 11.6 Å². The van der Waals surface area contributed by atoms with Crippen molar-refractivity contribution in [3.8, 4) is 6.07 Å². The van der Waals surface area contributed by atoms with E-state index in [0.717, 1.165) is 15.9 Å². The predicted molar refractivity (Wildman–Crippen MR) is 153 cm³/mol. The number of alkyl halides is 2. The lowest BCUT2D eigenvalue weighted by molar-refractivity contribution is -0.133. The number of halogens is 4. The summed E-state index contributed by atoms with van der Waals surface area (Å²) in [5.41, 5.74) is 0.361. The zero-order valence-corrected chi connectivity index (χ0v) is 23.6. The molecule has 1 saturated carbocycles. The molecule has 2 aliphatic rings. The molecule has 1 aliphatic carbocycles. The van der Waals surface area contributed by atoms with Crippen LogP contribution in [0.5, 0.6) is 0 Å². The van der Waals surface area contributed by atoms with Crippen molar-refractivity contribution in [3.05, 3.63) is 82.9 Å². The van der Waals surface area contributed by atoms with Gasteiger partial charge < -0.3 is 5.32 Å². The van der Waals surface area contributed by atoms with Gasteiger partial charge in [0.15, 0.2) is 5.82 Å². The molecule has 6 rings (SSSR count). The molecule has 1 aliphatic heterocycles. The topological polar surface area (TPSA) is 135 Å². The van der Waals surface area contributed by atoms with Gasteiger partial charge in [0.2, 0.25) is 11.8 Å². The average Bonchev–Trinajstić information content (AvgIpc) is 3.62. The van der Waals surface area contributed by atoms with Crippen molar-refractivity contribution < 1.29 is 27.6 Å². The number of carbonyl (C=O) groups excluding carboxylic acids is 3. The Kier molecular flexibility index (Phi) is 7.46. The number of pyridine rings is 1. The Morgan fingerprint density at radius 3 is 2.70 bits per heavy atom. The molecule has 4 aromatic rings. The number of fused-ring (bicyclic) bond motifs is 1. The van der Waals surface area contributed by atoms with E-state index in [1.165, 1.54) is 42.7 Å². The second-order valence-electron chi connectivity index (χ2n) is 10.7. The SMILES string of the molecule is N#Cc1ccnc(N2C(=O)CC[C@H]2C(=O)N(c2cc(F)c3[nH]ncc3c2)[C@H](C(=O)NC2CC(F)(F)C2)c2ccccc2Cl)c1. The van der Waals surface area contributed by atoms with Crippen LogP contribution in [0.4, 0.5) is 24.7 Å². The van der Waals surface area contributed by atoms with Crippen molar-refractivity contribution >= 4 is 51.7 Å². The number of aromatic nitrogens is 3. The number of H-pyrrole nitrogens is 1. The number of anilines is 2. The lowest BCUT2D eigenvalue weighted by atomic mass is 9.87. The number of aromatic amines is 1. The van der Waals surface area contributed by atoms with Gasteiger partial charge in [-0.05, 0) is 36.8 Å². The number of rotatable bonds is 7. The minimum atomic E-state index is -2.93. The summed E-state index contributed by atoms with van der Waals surface area (Å²) >= 11 is 6.55. The number of nitrogens with zero attached hydrogens (tertiary/aromatic N) is 5. The monoisotopic (exact) mass is 621 g/mol. The second kappa shape index (κ2) is 11.3. The van der Waals surface area contributed by atoms with Gasteiger partial charge in [0.05, 0.1) is 17.8 Å². The summed E-state index contributed by atoms with van der Waals surface area (Å²) in [6, 6.07) is 9.84. The van der Waals surface area contributed by atoms with Gasteiger partial charge in [-0.25, -0.2) is 18.2 Å². The first-order valence-electron chi connectivity index (χ1n) is 13.6. The molecule has 0 spiro atoms. The third kappa shape index (κ3) is 5.33. The molecule has 3 heterocycles. The van der Waals surface area contributed by atoms with E-state index >= 15 is 4.39 Å². The van der Waals surface area contributed by atoms with Gasteiger partial charge >= 0.3 is 0 Å². The van der Waals surface area contributed by atoms with Crippen LogP contribution in [-0.4, -0.2) is 50.9 Å². The smallest absolute Gasteiger partial charge is 0.252 e. The molecule has 2 aromatic heterocycles. The molecule has 0 unspecified atom stereocenters. The molecule has 10 nitrogen and oxygen atoms in total. The van der Waals surface area contributed by atoms with Crippen molar-refractivity contribution in [2.75, 3.05) is 9.80 Å². The van der Waals surface area contributed by atoms with Crippen molar-refractivity contribution in [3.63, 3.8) is 0 Å². The number of hydrogen-bond donors (Lipinski definition) is 2. The number of nitriles is 1. The van der Waals surface area contributed by atoms with Gasteiger partial charge in [-0.3, -0.25) is 29.3 Å². The average molecular weight is 622 g/mol. The summed E-state index contributed by atoms with van der Waals surface area (Å²) in [6.45, 7) is 0. The van der Waals surface area contributed by atoms with Crippen molar-refractivity contribution in [2.24, 2.45) is 0 Å². The highest BCUT2D eigenvalue weighted by molar-refractivity contribution is 6.31. The van der Waals surface area contributed by atoms with Crippen LogP contribution in [0.3, 0.4) is 0 Å². The lowest BCUT2D eigenvalue weighted by Crippen LogP contribution is -2.56. The van der Waals surface area contributed by atoms with Crippen LogP contribution in [0.15, 0.2) is 60.9 Å². The summed E-state index contributed by atoms with van der Waals surface area (Å²) < 4.78 is 42.7. The first kappa shape index (κ1) is 29.1. The highest BCUT2D eigenvalue weighted by Crippen LogP contribution is 2.40. The summed E-state index contributed by atoms with van der Waals surface area (Å²) in [5.74, 6) is -5.69. The number of amides is 3. The molecular weight excluding hydrogens is 599 g/mol. The Morgan fingerprint density at radius 1 is 1.20 bits per heavy atom. The van der Waals surface area contributed by atoms with Gasteiger partial charge in [-0.15, -0.1) is 0 Å². The zero-order valence-electron chi connectivity index (χ0n) is 22.8. The molecule has 224 valence electrons. The van der Waals surface area contributed by atoms with E-state index in [0.29, 0.717) is 0 Å². The van der Waals surface area contributed by atoms with Gasteiger partial charge in [0, 0.05) is 53.2 Å². The zero-order chi connectivity index (χ0) is 31.2.